The van der Waals surface area contributed by atoms with Crippen molar-refractivity contribution >= 4 is 20.1 Å². The molecule has 31 valence electrons. The molecule has 0 aliphatic heterocycles. The molecule has 0 heterocycles. The molecule has 0 unspecified atom stereocenters. The van der Waals surface area contributed by atoms with E-state index in [0.717, 1.165) is 0 Å². The quantitative estimate of drug-likeness (QED) is 0.279. The molecule has 1 N–H and O–H groups in total. The highest BCUT2D eigenvalue weighted by atomic mass is 32.1. The second kappa shape index (κ2) is 4.86. The van der Waals surface area contributed by atoms with Crippen LogP contribution in [0.2, 0.25) is 0 Å². The van der Waals surface area contributed by atoms with Crippen LogP contribution in [0.25, 0.3) is 0 Å². The molecule has 0 spiro atoms. The Bertz CT molecular complexity index is 59.1. The summed E-state index contributed by atoms with van der Waals surface area (Å²) >= 11 is 3.62. The fraction of sp³-hybridized carbons (Fsp3) is 0.500. The van der Waals surface area contributed by atoms with Crippen molar-refractivity contribution in [3.05, 3.63) is 0 Å². The lowest BCUT2D eigenvalue weighted by Gasteiger charge is -1.79. The average molecular weight is 98.9 g/mol. The lowest BCUT2D eigenvalue weighted by molar-refractivity contribution is 1.23. The van der Waals surface area contributed by atoms with Gasteiger partial charge in [0.1, 0.15) is 0 Å². The van der Waals surface area contributed by atoms with Gasteiger partial charge in [0.15, 0.2) is 0 Å². The molecule has 0 atom stereocenters. The minimum Gasteiger partial charge on any atom is -0.274 e. The van der Waals surface area contributed by atoms with Crippen molar-refractivity contribution in [3.63, 3.8) is 0 Å². The highest BCUT2D eigenvalue weighted by Crippen LogP contribution is 1.54. The first kappa shape index (κ1) is 5.86. The number of nitrogens with zero attached hydrogens (tertiary/aromatic N) is 1. The van der Waals surface area contributed by atoms with Crippen molar-refractivity contribution in [1.29, 1.82) is 5.26 Å². The van der Waals surface area contributed by atoms with Gasteiger partial charge >= 0.3 is 0 Å². The minimum atomic E-state index is 0.541. The third-order valence-corrected chi connectivity index (χ3v) is 0.467. The van der Waals surface area contributed by atoms with E-state index in [1.54, 1.807) is 0 Å². The largest absolute Gasteiger partial charge is 0.274 e. The van der Waals surface area contributed by atoms with Crippen molar-refractivity contribution in [1.82, 2.24) is 4.72 Å². The van der Waals surface area contributed by atoms with Gasteiger partial charge in [0, 0.05) is 0 Å². The number of nitrogens with one attached hydrogen (secondary N) is 1. The SMILES string of the molecule is N#C[B]CNS. The van der Waals surface area contributed by atoms with Gasteiger partial charge in [-0.05, 0) is 12.4 Å². The second-order valence-electron chi connectivity index (χ2n) is 0.695. The summed E-state index contributed by atoms with van der Waals surface area (Å²) < 4.78 is 2.48. The van der Waals surface area contributed by atoms with Crippen LogP contribution in [0.5, 0.6) is 0 Å². The molecule has 4 heteroatoms. The maximum absolute atomic E-state index is 7.82. The Kier molecular flexibility index (Phi) is 4.76. The number of thiol groups is 1. The summed E-state index contributed by atoms with van der Waals surface area (Å²) in [4.78, 5) is 0. The molecule has 0 saturated heterocycles. The summed E-state index contributed by atoms with van der Waals surface area (Å²) in [6.07, 6.45) is 0.541. The molecule has 0 bridgehead atoms. The predicted octanol–water partition coefficient (Wildman–Crippen LogP) is -0.436. The van der Waals surface area contributed by atoms with Crippen LogP contribution in [0.3, 0.4) is 0 Å². The first-order valence-corrected chi connectivity index (χ1v) is 1.94. The molecule has 0 aromatic heterocycles. The molecular formula is C2H4BN2S. The number of rotatable bonds is 2. The fourth-order valence-electron chi connectivity index (χ4n) is 0.0913. The normalized spacial score (nSPS) is 6.67. The monoisotopic (exact) mass is 99.0 g/mol. The van der Waals surface area contributed by atoms with Gasteiger partial charge < -0.3 is 0 Å². The fourth-order valence-corrected chi connectivity index (χ4v) is 0.183. The minimum absolute atomic E-state index is 0.541. The average Bonchev–Trinajstić information content (AvgIpc) is 1.61. The molecule has 0 aromatic rings. The number of hydrogen-bond acceptors (Lipinski definition) is 3. The van der Waals surface area contributed by atoms with Crippen LogP contribution in [-0.4, -0.2) is 13.7 Å². The van der Waals surface area contributed by atoms with Crippen molar-refractivity contribution in [3.8, 4) is 5.97 Å². The van der Waals surface area contributed by atoms with Gasteiger partial charge in [-0.3, -0.25) is 4.72 Å². The lowest BCUT2D eigenvalue weighted by Crippen LogP contribution is -2.07. The number of nitriles is 1. The smallest absolute Gasteiger partial charge is 0.271 e. The van der Waals surface area contributed by atoms with Gasteiger partial charge in [-0.25, -0.2) is 5.26 Å². The van der Waals surface area contributed by atoms with Crippen LogP contribution in [0.1, 0.15) is 0 Å². The Hall–Kier alpha value is -0.135. The van der Waals surface area contributed by atoms with E-state index in [9.17, 15) is 0 Å². The standard InChI is InChI=1S/C2H4BN2S/c4-1-3-2-5-6/h5-6H,2H2. The van der Waals surface area contributed by atoms with Crippen molar-refractivity contribution in [2.45, 2.75) is 0 Å². The van der Waals surface area contributed by atoms with Crippen molar-refractivity contribution in [2.75, 3.05) is 6.44 Å². The van der Waals surface area contributed by atoms with Crippen LogP contribution in [0.15, 0.2) is 0 Å². The topological polar surface area (TPSA) is 35.8 Å². The van der Waals surface area contributed by atoms with E-state index in [2.05, 4.69) is 17.5 Å². The van der Waals surface area contributed by atoms with Crippen molar-refractivity contribution < 1.29 is 0 Å². The third-order valence-electron chi connectivity index (χ3n) is 0.285. The van der Waals surface area contributed by atoms with E-state index in [4.69, 9.17) is 5.26 Å². The highest BCUT2D eigenvalue weighted by molar-refractivity contribution is 7.78. The third kappa shape index (κ3) is 3.86. The van der Waals surface area contributed by atoms with E-state index < -0.39 is 0 Å². The predicted molar refractivity (Wildman–Crippen MR) is 28.4 cm³/mol. The zero-order valence-electron chi connectivity index (χ0n) is 3.18. The van der Waals surface area contributed by atoms with Crippen LogP contribution >= 0.6 is 12.8 Å². The molecule has 0 aliphatic carbocycles. The maximum atomic E-state index is 7.82. The maximum Gasteiger partial charge on any atom is 0.271 e. The molecule has 0 fully saturated rings. The Morgan fingerprint density at radius 3 is 2.83 bits per heavy atom. The van der Waals surface area contributed by atoms with Crippen LogP contribution in [0.4, 0.5) is 0 Å². The Morgan fingerprint density at radius 2 is 2.67 bits per heavy atom. The molecule has 0 saturated carbocycles. The molecule has 0 aliphatic rings. The molecule has 6 heavy (non-hydrogen) atoms. The summed E-state index contributed by atoms with van der Waals surface area (Å²) in [5.74, 6) is 1.83. The second-order valence-corrected chi connectivity index (χ2v) is 1.01. The van der Waals surface area contributed by atoms with Crippen LogP contribution < -0.4 is 4.72 Å². The Labute approximate surface area is 43.3 Å². The van der Waals surface area contributed by atoms with Gasteiger partial charge in [0.25, 0.3) is 7.28 Å². The summed E-state index contributed by atoms with van der Waals surface area (Å²) in [6, 6.07) is 0. The van der Waals surface area contributed by atoms with Gasteiger partial charge in [-0.2, -0.15) is 0 Å². The first-order valence-electron chi connectivity index (χ1n) is 1.50. The van der Waals surface area contributed by atoms with Crippen LogP contribution in [-0.2, 0) is 0 Å². The van der Waals surface area contributed by atoms with Gasteiger partial charge in [-0.1, -0.05) is 0 Å². The summed E-state index contributed by atoms with van der Waals surface area (Å²) in [5.41, 5.74) is 0. The zero-order chi connectivity index (χ0) is 4.83. The lowest BCUT2D eigenvalue weighted by atomic mass is 9.82. The van der Waals surface area contributed by atoms with E-state index in [1.165, 1.54) is 7.28 Å². The highest BCUT2D eigenvalue weighted by Gasteiger charge is 1.78. The summed E-state index contributed by atoms with van der Waals surface area (Å²) in [7, 11) is 1.42. The van der Waals surface area contributed by atoms with E-state index in [0.29, 0.717) is 6.44 Å². The van der Waals surface area contributed by atoms with Gasteiger partial charge in [0.05, 0.1) is 0 Å². The molecule has 0 aromatic carbocycles. The van der Waals surface area contributed by atoms with Crippen molar-refractivity contribution in [2.24, 2.45) is 0 Å². The molecule has 1 radical (unpaired) electrons. The molecular weight excluding hydrogens is 94.9 g/mol. The molecule has 0 amide bonds. The molecule has 0 rings (SSSR count). The van der Waals surface area contributed by atoms with E-state index in [-0.39, 0.29) is 0 Å². The zero-order valence-corrected chi connectivity index (χ0v) is 4.07. The van der Waals surface area contributed by atoms with Gasteiger partial charge in [0.2, 0.25) is 0 Å². The van der Waals surface area contributed by atoms with E-state index in [1.807, 2.05) is 5.97 Å². The summed E-state index contributed by atoms with van der Waals surface area (Å²) in [6.45, 7) is 0. The Balaban J connectivity index is 2.54. The molecule has 2 nitrogen and oxygen atoms in total. The first-order chi connectivity index (χ1) is 2.91. The van der Waals surface area contributed by atoms with E-state index >= 15 is 0 Å². The van der Waals surface area contributed by atoms with Gasteiger partial charge in [-0.15, -0.1) is 12.8 Å². The van der Waals surface area contributed by atoms with Crippen LogP contribution in [0, 0.1) is 11.2 Å². The Morgan fingerprint density at radius 1 is 2.00 bits per heavy atom. The number of hydrogen-bond donors (Lipinski definition) is 2. The summed E-state index contributed by atoms with van der Waals surface area (Å²) in [5, 5.41) is 7.82.